The third-order valence-electron chi connectivity index (χ3n) is 6.91. The molecule has 2 fully saturated rings. The summed E-state index contributed by atoms with van der Waals surface area (Å²) >= 11 is 0. The van der Waals surface area contributed by atoms with Crippen molar-refractivity contribution in [2.75, 3.05) is 7.11 Å². The number of ketones is 1. The Bertz CT molecular complexity index is 1650. The largest absolute Gasteiger partial charge is 0.480 e. The fourth-order valence-electron chi connectivity index (χ4n) is 4.55. The maximum atomic E-state index is 15.2. The molecule has 1 aromatic carbocycles. The van der Waals surface area contributed by atoms with Crippen LogP contribution >= 0.6 is 0 Å². The van der Waals surface area contributed by atoms with Gasteiger partial charge >= 0.3 is 6.18 Å². The van der Waals surface area contributed by atoms with E-state index in [4.69, 9.17) is 9.47 Å². The van der Waals surface area contributed by atoms with Crippen LogP contribution in [0.25, 0.3) is 22.8 Å². The highest BCUT2D eigenvalue weighted by Gasteiger charge is 2.38. The van der Waals surface area contributed by atoms with Crippen molar-refractivity contribution < 1.29 is 31.8 Å². The monoisotopic (exact) mass is 568 g/mol. The molecule has 0 radical (unpaired) electrons. The van der Waals surface area contributed by atoms with E-state index < -0.39 is 17.7 Å². The minimum Gasteiger partial charge on any atom is -0.480 e. The second-order valence-electron chi connectivity index (χ2n) is 10.1. The lowest BCUT2D eigenvalue weighted by molar-refractivity contribution is -0.140. The third-order valence-corrected chi connectivity index (χ3v) is 6.91. The molecule has 0 N–H and O–H groups in total. The summed E-state index contributed by atoms with van der Waals surface area (Å²) in [6.07, 6.45) is 1.02. The Labute approximate surface area is 231 Å². The molecule has 0 spiro atoms. The Kier molecular flexibility index (Phi) is 6.66. The quantitative estimate of drug-likeness (QED) is 0.180. The molecule has 0 amide bonds. The summed E-state index contributed by atoms with van der Waals surface area (Å²) in [6, 6.07) is 5.37. The number of benzene rings is 1. The SMILES string of the molecule is COc1ncnc(C2CC2)c1-c1nc(OCc2ccc(-c3nc(C(F)(F)F)cn3C3CC3)c(F)c2)cc(C(C)=O)n1. The zero-order chi connectivity index (χ0) is 28.9. The number of carbonyl (C=O) groups is 1. The molecule has 3 heterocycles. The van der Waals surface area contributed by atoms with Crippen molar-refractivity contribution in [3.8, 4) is 34.5 Å². The van der Waals surface area contributed by atoms with Gasteiger partial charge in [-0.25, -0.2) is 24.3 Å². The first-order chi connectivity index (χ1) is 19.6. The van der Waals surface area contributed by atoms with Crippen molar-refractivity contribution in [2.24, 2.45) is 0 Å². The van der Waals surface area contributed by atoms with Crippen LogP contribution in [0.5, 0.6) is 11.8 Å². The number of hydrogen-bond donors (Lipinski definition) is 0. The van der Waals surface area contributed by atoms with Gasteiger partial charge in [0.15, 0.2) is 17.3 Å². The van der Waals surface area contributed by atoms with Gasteiger partial charge in [-0.05, 0) is 43.4 Å². The molecule has 0 bridgehead atoms. The highest BCUT2D eigenvalue weighted by molar-refractivity contribution is 5.93. The molecule has 2 aliphatic rings. The standard InChI is InChI=1S/C28H24F4N6O3/c1-14(39)20-10-22(37-25(35-20)23-24(16-4-5-16)33-13-34-27(23)40-2)41-12-15-3-8-18(19(29)9-15)26-36-21(28(30,31)32)11-38(26)17-6-7-17/h3,8-11,13,16-17H,4-7,12H2,1-2H3. The molecule has 2 aliphatic carbocycles. The van der Waals surface area contributed by atoms with E-state index in [1.54, 1.807) is 6.07 Å². The third kappa shape index (κ3) is 5.48. The van der Waals surface area contributed by atoms with Crippen molar-refractivity contribution in [1.29, 1.82) is 0 Å². The zero-order valence-corrected chi connectivity index (χ0v) is 22.1. The average molecular weight is 569 g/mol. The van der Waals surface area contributed by atoms with Gasteiger partial charge in [-0.3, -0.25) is 4.79 Å². The summed E-state index contributed by atoms with van der Waals surface area (Å²) in [7, 11) is 1.47. The number of imidazole rings is 1. The van der Waals surface area contributed by atoms with E-state index in [-0.39, 0.29) is 59.0 Å². The maximum absolute atomic E-state index is 15.2. The Morgan fingerprint density at radius 2 is 1.85 bits per heavy atom. The summed E-state index contributed by atoms with van der Waals surface area (Å²) in [5.41, 5.74) is 0.604. The second-order valence-corrected chi connectivity index (χ2v) is 10.1. The van der Waals surface area contributed by atoms with Gasteiger partial charge in [-0.15, -0.1) is 0 Å². The lowest BCUT2D eigenvalue weighted by Gasteiger charge is -2.13. The number of nitrogens with zero attached hydrogens (tertiary/aromatic N) is 6. The van der Waals surface area contributed by atoms with Gasteiger partial charge in [0.25, 0.3) is 0 Å². The number of carbonyl (C=O) groups excluding carboxylic acids is 1. The van der Waals surface area contributed by atoms with Crippen LogP contribution in [0.1, 0.15) is 72.0 Å². The van der Waals surface area contributed by atoms with E-state index in [1.807, 2.05) is 0 Å². The number of alkyl halides is 3. The van der Waals surface area contributed by atoms with Crippen molar-refractivity contribution in [3.63, 3.8) is 0 Å². The average Bonchev–Trinajstić information content (AvgIpc) is 3.89. The normalized spacial score (nSPS) is 15.2. The lowest BCUT2D eigenvalue weighted by atomic mass is 10.1. The van der Waals surface area contributed by atoms with Crippen LogP contribution in [-0.4, -0.2) is 42.4 Å². The van der Waals surface area contributed by atoms with Gasteiger partial charge in [0, 0.05) is 31.1 Å². The number of aromatic nitrogens is 6. The predicted molar refractivity (Wildman–Crippen MR) is 137 cm³/mol. The number of methoxy groups -OCH3 is 1. The van der Waals surface area contributed by atoms with Gasteiger partial charge in [-0.2, -0.15) is 18.2 Å². The van der Waals surface area contributed by atoms with Gasteiger partial charge in [-0.1, -0.05) is 6.07 Å². The highest BCUT2D eigenvalue weighted by Crippen LogP contribution is 2.45. The van der Waals surface area contributed by atoms with Gasteiger partial charge in [0.05, 0.1) is 18.4 Å². The molecule has 2 saturated carbocycles. The first-order valence-electron chi connectivity index (χ1n) is 13.0. The Balaban J connectivity index is 1.29. The molecule has 9 nitrogen and oxygen atoms in total. The minimum absolute atomic E-state index is 0.0388. The van der Waals surface area contributed by atoms with Crippen molar-refractivity contribution in [1.82, 2.24) is 29.5 Å². The highest BCUT2D eigenvalue weighted by atomic mass is 19.4. The molecule has 13 heteroatoms. The molecule has 3 aromatic heterocycles. The molecule has 41 heavy (non-hydrogen) atoms. The smallest absolute Gasteiger partial charge is 0.434 e. The van der Waals surface area contributed by atoms with E-state index in [1.165, 1.54) is 43.1 Å². The van der Waals surface area contributed by atoms with Crippen LogP contribution in [-0.2, 0) is 12.8 Å². The van der Waals surface area contributed by atoms with Crippen LogP contribution in [0.3, 0.4) is 0 Å². The maximum Gasteiger partial charge on any atom is 0.434 e. The number of halogens is 4. The van der Waals surface area contributed by atoms with Crippen molar-refractivity contribution >= 4 is 5.78 Å². The van der Waals surface area contributed by atoms with Crippen LogP contribution < -0.4 is 9.47 Å². The molecule has 6 rings (SSSR count). The number of Topliss-reactive ketones (excluding diaryl/α,β-unsaturated/α-hetero) is 1. The molecule has 0 aliphatic heterocycles. The van der Waals surface area contributed by atoms with Gasteiger partial charge < -0.3 is 14.0 Å². The summed E-state index contributed by atoms with van der Waals surface area (Å²) in [4.78, 5) is 33.4. The van der Waals surface area contributed by atoms with Gasteiger partial charge in [0.1, 0.15) is 35.8 Å². The van der Waals surface area contributed by atoms with Crippen molar-refractivity contribution in [2.45, 2.75) is 57.3 Å². The zero-order valence-electron chi connectivity index (χ0n) is 22.1. The molecule has 0 unspecified atom stereocenters. The Hall–Kier alpha value is -4.42. The molecular weight excluding hydrogens is 544 g/mol. The number of ether oxygens (including phenoxy) is 2. The molecule has 0 saturated heterocycles. The fraction of sp³-hybridized carbons (Fsp3) is 0.357. The first kappa shape index (κ1) is 26.8. The number of hydrogen-bond acceptors (Lipinski definition) is 8. The van der Waals surface area contributed by atoms with Gasteiger partial charge in [0.2, 0.25) is 11.8 Å². The first-order valence-corrected chi connectivity index (χ1v) is 13.0. The summed E-state index contributed by atoms with van der Waals surface area (Å²) in [5.74, 6) is -0.411. The summed E-state index contributed by atoms with van der Waals surface area (Å²) < 4.78 is 67.8. The fourth-order valence-corrected chi connectivity index (χ4v) is 4.55. The lowest BCUT2D eigenvalue weighted by Crippen LogP contribution is -2.08. The molecule has 0 atom stereocenters. The summed E-state index contributed by atoms with van der Waals surface area (Å²) in [5, 5.41) is 0. The van der Waals surface area contributed by atoms with E-state index in [2.05, 4.69) is 24.9 Å². The van der Waals surface area contributed by atoms with Crippen LogP contribution in [0.2, 0.25) is 0 Å². The van der Waals surface area contributed by atoms with E-state index >= 15 is 4.39 Å². The Morgan fingerprint density at radius 1 is 1.07 bits per heavy atom. The Morgan fingerprint density at radius 3 is 2.49 bits per heavy atom. The van der Waals surface area contributed by atoms with E-state index in [0.29, 0.717) is 24.0 Å². The van der Waals surface area contributed by atoms with Crippen LogP contribution in [0.15, 0.2) is 36.8 Å². The molecule has 212 valence electrons. The van der Waals surface area contributed by atoms with Crippen molar-refractivity contribution in [3.05, 3.63) is 65.3 Å². The van der Waals surface area contributed by atoms with E-state index in [9.17, 15) is 18.0 Å². The van der Waals surface area contributed by atoms with Crippen LogP contribution in [0, 0.1) is 5.82 Å². The summed E-state index contributed by atoms with van der Waals surface area (Å²) in [6.45, 7) is 1.23. The van der Waals surface area contributed by atoms with E-state index in [0.717, 1.165) is 24.7 Å². The molecular formula is C28H24F4N6O3. The predicted octanol–water partition coefficient (Wildman–Crippen LogP) is 5.96. The topological polar surface area (TPSA) is 105 Å². The number of rotatable bonds is 9. The molecule has 4 aromatic rings. The van der Waals surface area contributed by atoms with Crippen LogP contribution in [0.4, 0.5) is 17.6 Å². The minimum atomic E-state index is -4.64. The second kappa shape index (κ2) is 10.2.